The van der Waals surface area contributed by atoms with Crippen LogP contribution in [0.4, 0.5) is 0 Å². The predicted octanol–water partition coefficient (Wildman–Crippen LogP) is 8.33. The van der Waals surface area contributed by atoms with E-state index in [2.05, 4.69) is 63.3 Å². The summed E-state index contributed by atoms with van der Waals surface area (Å²) in [7, 11) is 0. The molecule has 0 aliphatic rings. The molecular formula is C35H60O6. The Labute approximate surface area is 251 Å². The third-order valence-electron chi connectivity index (χ3n) is 6.61. The molecule has 0 spiro atoms. The van der Waals surface area contributed by atoms with Crippen LogP contribution in [0.25, 0.3) is 0 Å². The van der Waals surface area contributed by atoms with Gasteiger partial charge in [-0.25, -0.2) is 0 Å². The van der Waals surface area contributed by atoms with E-state index in [9.17, 15) is 19.8 Å². The molecule has 41 heavy (non-hydrogen) atoms. The maximum atomic E-state index is 12.0. The van der Waals surface area contributed by atoms with Gasteiger partial charge < -0.3 is 19.7 Å². The van der Waals surface area contributed by atoms with Crippen LogP contribution in [0.15, 0.2) is 48.6 Å². The summed E-state index contributed by atoms with van der Waals surface area (Å²) in [6, 6.07) is 0. The van der Waals surface area contributed by atoms with Crippen molar-refractivity contribution < 1.29 is 29.3 Å². The van der Waals surface area contributed by atoms with E-state index in [-0.39, 0.29) is 31.3 Å². The number of ether oxygens (including phenoxy) is 2. The van der Waals surface area contributed by atoms with Gasteiger partial charge in [0.15, 0.2) is 6.10 Å². The van der Waals surface area contributed by atoms with Crippen LogP contribution >= 0.6 is 0 Å². The summed E-state index contributed by atoms with van der Waals surface area (Å²) in [5, 5.41) is 19.1. The van der Waals surface area contributed by atoms with Crippen LogP contribution in [0.3, 0.4) is 0 Å². The second-order valence-corrected chi connectivity index (χ2v) is 11.2. The van der Waals surface area contributed by atoms with Crippen molar-refractivity contribution in [3.05, 3.63) is 48.6 Å². The summed E-state index contributed by atoms with van der Waals surface area (Å²) in [5.74, 6) is 0.0745. The molecule has 0 saturated carbocycles. The van der Waals surface area contributed by atoms with E-state index in [4.69, 9.17) is 9.47 Å². The van der Waals surface area contributed by atoms with Crippen molar-refractivity contribution in [2.75, 3.05) is 13.2 Å². The molecule has 0 heterocycles. The Morgan fingerprint density at radius 3 is 1.88 bits per heavy atom. The zero-order valence-corrected chi connectivity index (χ0v) is 26.3. The van der Waals surface area contributed by atoms with Gasteiger partial charge in [-0.2, -0.15) is 0 Å². The lowest BCUT2D eigenvalue weighted by Gasteiger charge is -2.15. The van der Waals surface area contributed by atoms with Crippen LogP contribution in [0, 0.1) is 5.92 Å². The molecule has 0 saturated heterocycles. The summed E-state index contributed by atoms with van der Waals surface area (Å²) in [5.41, 5.74) is 0. The summed E-state index contributed by atoms with van der Waals surface area (Å²) in [6.07, 6.45) is 31.1. The third-order valence-corrected chi connectivity index (χ3v) is 6.61. The van der Waals surface area contributed by atoms with Crippen molar-refractivity contribution in [3.63, 3.8) is 0 Å². The SMILES string of the molecule is CCCC(O)C/C=C\C/C=C\C/C=C\C/C=C\CCCC(=O)OC[C@H](CO)OC(=O)CCCCCCCCC(C)C. The minimum atomic E-state index is -0.801. The Hall–Kier alpha value is -2.18. The summed E-state index contributed by atoms with van der Waals surface area (Å²) < 4.78 is 10.5. The first-order valence-electron chi connectivity index (χ1n) is 16.1. The van der Waals surface area contributed by atoms with Crippen LogP contribution in [0.1, 0.15) is 130 Å². The van der Waals surface area contributed by atoms with Gasteiger partial charge in [0.1, 0.15) is 6.61 Å². The van der Waals surface area contributed by atoms with Crippen LogP contribution < -0.4 is 0 Å². The van der Waals surface area contributed by atoms with E-state index in [0.29, 0.717) is 19.3 Å². The number of aliphatic hydroxyl groups is 2. The van der Waals surface area contributed by atoms with Gasteiger partial charge in [0.05, 0.1) is 12.7 Å². The summed E-state index contributed by atoms with van der Waals surface area (Å²) in [4.78, 5) is 24.0. The first kappa shape index (κ1) is 38.8. The van der Waals surface area contributed by atoms with Crippen LogP contribution in [0.2, 0.25) is 0 Å². The minimum Gasteiger partial charge on any atom is -0.462 e. The molecule has 0 aromatic rings. The number of carbonyl (C=O) groups excluding carboxylic acids is 2. The first-order chi connectivity index (χ1) is 19.9. The van der Waals surface area contributed by atoms with Crippen molar-refractivity contribution in [1.29, 1.82) is 0 Å². The molecule has 0 aliphatic heterocycles. The first-order valence-corrected chi connectivity index (χ1v) is 16.1. The largest absolute Gasteiger partial charge is 0.462 e. The quantitative estimate of drug-likeness (QED) is 0.0580. The lowest BCUT2D eigenvalue weighted by molar-refractivity contribution is -0.161. The highest BCUT2D eigenvalue weighted by Gasteiger charge is 2.16. The van der Waals surface area contributed by atoms with Crippen molar-refractivity contribution in [1.82, 2.24) is 0 Å². The van der Waals surface area contributed by atoms with Gasteiger partial charge >= 0.3 is 11.9 Å². The number of unbranched alkanes of at least 4 members (excludes halogenated alkanes) is 6. The molecular weight excluding hydrogens is 516 g/mol. The molecule has 236 valence electrons. The van der Waals surface area contributed by atoms with E-state index in [1.165, 1.54) is 25.7 Å². The van der Waals surface area contributed by atoms with Crippen molar-refractivity contribution in [2.45, 2.75) is 142 Å². The smallest absolute Gasteiger partial charge is 0.306 e. The molecule has 0 aromatic heterocycles. The van der Waals surface area contributed by atoms with Gasteiger partial charge in [-0.15, -0.1) is 0 Å². The lowest BCUT2D eigenvalue weighted by atomic mass is 10.0. The van der Waals surface area contributed by atoms with Crippen molar-refractivity contribution >= 4 is 11.9 Å². The maximum absolute atomic E-state index is 12.0. The molecule has 0 amide bonds. The highest BCUT2D eigenvalue weighted by Crippen LogP contribution is 2.12. The number of hydrogen-bond donors (Lipinski definition) is 2. The highest BCUT2D eigenvalue weighted by molar-refractivity contribution is 5.70. The summed E-state index contributed by atoms with van der Waals surface area (Å²) in [6.45, 7) is 6.11. The molecule has 0 aliphatic carbocycles. The number of carbonyl (C=O) groups is 2. The van der Waals surface area contributed by atoms with Gasteiger partial charge in [0, 0.05) is 12.8 Å². The standard InChI is InChI=1S/C35H60O6/c1-4-24-32(37)26-21-17-12-10-8-6-5-7-9-11-13-18-22-27-34(38)40-30-33(29-36)41-35(39)28-23-19-15-14-16-20-25-31(2)3/h5,7-8,10-11,13,17,21,31-33,36-37H,4,6,9,12,14-16,18-20,22-30H2,1-3H3/b7-5-,10-8-,13-11-,21-17-/t32?,33-/m0/s1. The number of rotatable bonds is 27. The van der Waals surface area contributed by atoms with E-state index < -0.39 is 6.10 Å². The normalized spacial score (nSPS) is 13.7. The number of esters is 2. The zero-order valence-electron chi connectivity index (χ0n) is 26.3. The second kappa shape index (κ2) is 29.3. The van der Waals surface area contributed by atoms with Crippen molar-refractivity contribution in [2.24, 2.45) is 5.92 Å². The van der Waals surface area contributed by atoms with Crippen LogP contribution in [-0.2, 0) is 19.1 Å². The number of aliphatic hydroxyl groups excluding tert-OH is 2. The average molecular weight is 577 g/mol. The Morgan fingerprint density at radius 2 is 1.27 bits per heavy atom. The average Bonchev–Trinajstić information content (AvgIpc) is 2.94. The fourth-order valence-corrected chi connectivity index (χ4v) is 4.16. The summed E-state index contributed by atoms with van der Waals surface area (Å²) >= 11 is 0. The molecule has 0 aromatic carbocycles. The molecule has 2 atom stereocenters. The van der Waals surface area contributed by atoms with Gasteiger partial charge in [-0.1, -0.05) is 114 Å². The van der Waals surface area contributed by atoms with Gasteiger partial charge in [0.25, 0.3) is 0 Å². The second-order valence-electron chi connectivity index (χ2n) is 11.2. The highest BCUT2D eigenvalue weighted by atomic mass is 16.6. The Balaban J connectivity index is 3.76. The molecule has 1 unspecified atom stereocenters. The van der Waals surface area contributed by atoms with Crippen LogP contribution in [-0.4, -0.2) is 47.6 Å². The zero-order chi connectivity index (χ0) is 30.4. The number of allylic oxidation sites excluding steroid dienone is 7. The molecule has 6 heteroatoms. The lowest BCUT2D eigenvalue weighted by Crippen LogP contribution is -2.28. The maximum Gasteiger partial charge on any atom is 0.306 e. The topological polar surface area (TPSA) is 93.1 Å². The predicted molar refractivity (Wildman–Crippen MR) is 169 cm³/mol. The Kier molecular flexibility index (Phi) is 27.8. The minimum absolute atomic E-state index is 0.107. The van der Waals surface area contributed by atoms with E-state index in [1.54, 1.807) is 0 Å². The van der Waals surface area contributed by atoms with E-state index >= 15 is 0 Å². The fourth-order valence-electron chi connectivity index (χ4n) is 4.16. The molecule has 0 fully saturated rings. The van der Waals surface area contributed by atoms with Gasteiger partial charge in [-0.3, -0.25) is 9.59 Å². The Morgan fingerprint density at radius 1 is 0.707 bits per heavy atom. The van der Waals surface area contributed by atoms with Crippen molar-refractivity contribution in [3.8, 4) is 0 Å². The molecule has 2 N–H and O–H groups in total. The number of hydrogen-bond acceptors (Lipinski definition) is 6. The van der Waals surface area contributed by atoms with Gasteiger partial charge in [0.2, 0.25) is 0 Å². The van der Waals surface area contributed by atoms with E-state index in [1.807, 2.05) is 6.08 Å². The fraction of sp³-hybridized carbons (Fsp3) is 0.714. The molecule has 0 bridgehead atoms. The molecule has 0 radical (unpaired) electrons. The van der Waals surface area contributed by atoms with Gasteiger partial charge in [-0.05, 0) is 57.3 Å². The third kappa shape index (κ3) is 29.1. The molecule has 6 nitrogen and oxygen atoms in total. The monoisotopic (exact) mass is 576 g/mol. The molecule has 0 rings (SSSR count). The van der Waals surface area contributed by atoms with E-state index in [0.717, 1.165) is 70.1 Å². The van der Waals surface area contributed by atoms with Crippen LogP contribution in [0.5, 0.6) is 0 Å². The Bertz CT molecular complexity index is 737.